The van der Waals surface area contributed by atoms with E-state index in [0.717, 1.165) is 12.1 Å². The maximum Gasteiger partial charge on any atom is 0.416 e. The quantitative estimate of drug-likeness (QED) is 0.0817. The van der Waals surface area contributed by atoms with Crippen LogP contribution in [0, 0.1) is 0 Å². The number of nitrogens with zero attached hydrogens (tertiary/aromatic N) is 4. The molecule has 0 bridgehead atoms. The fourth-order valence-corrected chi connectivity index (χ4v) is 7.65. The molecule has 0 aromatic heterocycles. The molecule has 1 fully saturated rings. The molecule has 58 heavy (non-hydrogen) atoms. The lowest BCUT2D eigenvalue weighted by molar-refractivity contribution is -0.147. The number of hydrogen-bond acceptors (Lipinski definition) is 12. The zero-order chi connectivity index (χ0) is 43.6. The Hall–Kier alpha value is -4.42. The number of carboxylic acid groups (broad SMARTS) is 6. The molecule has 1 aliphatic rings. The van der Waals surface area contributed by atoms with E-state index in [0.29, 0.717) is 12.1 Å². The number of aliphatic carboxylic acids is 6. The van der Waals surface area contributed by atoms with Gasteiger partial charge in [0.25, 0.3) is 0 Å². The first-order chi connectivity index (χ1) is 27.1. The zero-order valence-corrected chi connectivity index (χ0v) is 32.6. The van der Waals surface area contributed by atoms with Crippen molar-refractivity contribution in [3.63, 3.8) is 0 Å². The van der Waals surface area contributed by atoms with Crippen molar-refractivity contribution in [1.29, 1.82) is 0 Å². The normalized spacial score (nSPS) is 17.6. The van der Waals surface area contributed by atoms with Gasteiger partial charge < -0.3 is 30.6 Å². The summed E-state index contributed by atoms with van der Waals surface area (Å²) in [6.07, 6.45) is -6.03. The molecular weight excluding hydrogens is 803 g/mol. The SMILES string of the molecule is O=C(O)CCCC(C(=O)O)N1CCN(CCNS(=O)(=O)c2ccc(C(F)(F)F)cc2)CCN(C(CCCC(=O)O)C(=O)O)CCN(C(CCCC(=O)O)C(=O)O)CC1. The summed E-state index contributed by atoms with van der Waals surface area (Å²) >= 11 is 0. The van der Waals surface area contributed by atoms with Gasteiger partial charge in [-0.15, -0.1) is 0 Å². The van der Waals surface area contributed by atoms with Gasteiger partial charge in [-0.3, -0.25) is 48.4 Å². The van der Waals surface area contributed by atoms with Crippen LogP contribution in [0.1, 0.15) is 63.4 Å². The van der Waals surface area contributed by atoms with Crippen LogP contribution in [-0.2, 0) is 45.0 Å². The van der Waals surface area contributed by atoms with Crippen molar-refractivity contribution in [2.24, 2.45) is 0 Å². The third-order valence-corrected chi connectivity index (χ3v) is 11.2. The van der Waals surface area contributed by atoms with Crippen LogP contribution in [0.2, 0.25) is 0 Å². The van der Waals surface area contributed by atoms with E-state index in [2.05, 4.69) is 4.72 Å². The fourth-order valence-electron chi connectivity index (χ4n) is 6.63. The molecule has 1 aromatic carbocycles. The van der Waals surface area contributed by atoms with E-state index in [1.807, 2.05) is 0 Å². The van der Waals surface area contributed by atoms with Crippen LogP contribution in [0.5, 0.6) is 0 Å². The number of sulfonamides is 1. The number of carbonyl (C=O) groups is 6. The zero-order valence-electron chi connectivity index (χ0n) is 31.8. The molecule has 1 heterocycles. The Morgan fingerprint density at radius 1 is 0.586 bits per heavy atom. The van der Waals surface area contributed by atoms with Gasteiger partial charge in [0.2, 0.25) is 10.0 Å². The van der Waals surface area contributed by atoms with Gasteiger partial charge in [-0.25, -0.2) is 13.1 Å². The lowest BCUT2D eigenvalue weighted by atomic mass is 10.1. The monoisotopic (exact) mass is 855 g/mol. The van der Waals surface area contributed by atoms with E-state index >= 15 is 0 Å². The average molecular weight is 856 g/mol. The Morgan fingerprint density at radius 2 is 0.914 bits per heavy atom. The van der Waals surface area contributed by atoms with Crippen molar-refractivity contribution in [1.82, 2.24) is 24.3 Å². The Morgan fingerprint density at radius 3 is 1.21 bits per heavy atom. The number of benzene rings is 1. The van der Waals surface area contributed by atoms with Crippen molar-refractivity contribution in [3.05, 3.63) is 29.8 Å². The summed E-state index contributed by atoms with van der Waals surface area (Å²) in [5.74, 6) is -7.31. The smallest absolute Gasteiger partial charge is 0.416 e. The minimum absolute atomic E-state index is 0.0116. The van der Waals surface area contributed by atoms with Crippen LogP contribution in [-0.4, -0.2) is 178 Å². The van der Waals surface area contributed by atoms with Gasteiger partial charge in [0.15, 0.2) is 0 Å². The summed E-state index contributed by atoms with van der Waals surface area (Å²) in [4.78, 5) is 77.2. The molecule has 1 aromatic rings. The minimum Gasteiger partial charge on any atom is -0.481 e. The third-order valence-electron chi connectivity index (χ3n) is 9.75. The van der Waals surface area contributed by atoms with Crippen LogP contribution in [0.25, 0.3) is 0 Å². The largest absolute Gasteiger partial charge is 0.481 e. The Kier molecular flexibility index (Phi) is 20.5. The number of hydrogen-bond donors (Lipinski definition) is 7. The lowest BCUT2D eigenvalue weighted by Crippen LogP contribution is -2.55. The fraction of sp³-hybridized carbons (Fsp3) is 0.657. The lowest BCUT2D eigenvalue weighted by Gasteiger charge is -2.39. The summed E-state index contributed by atoms with van der Waals surface area (Å²) in [6.45, 7) is -0.657. The maximum atomic E-state index is 13.0. The van der Waals surface area contributed by atoms with Gasteiger partial charge in [0.05, 0.1) is 10.5 Å². The topological polar surface area (TPSA) is 283 Å². The van der Waals surface area contributed by atoms with Crippen LogP contribution >= 0.6 is 0 Å². The number of rotatable bonds is 23. The molecule has 23 heteroatoms. The van der Waals surface area contributed by atoms with Gasteiger partial charge in [0.1, 0.15) is 18.1 Å². The van der Waals surface area contributed by atoms with E-state index < -0.39 is 80.6 Å². The van der Waals surface area contributed by atoms with E-state index in [1.165, 1.54) is 14.7 Å². The second-order valence-corrected chi connectivity index (χ2v) is 15.6. The molecule has 0 saturated carbocycles. The van der Waals surface area contributed by atoms with Gasteiger partial charge in [-0.1, -0.05) is 0 Å². The number of halogens is 3. The molecule has 1 saturated heterocycles. The molecule has 0 radical (unpaired) electrons. The molecule has 19 nitrogen and oxygen atoms in total. The first-order valence-electron chi connectivity index (χ1n) is 18.6. The van der Waals surface area contributed by atoms with E-state index in [4.69, 9.17) is 15.3 Å². The van der Waals surface area contributed by atoms with E-state index in [1.54, 1.807) is 4.90 Å². The van der Waals surface area contributed by atoms with Crippen molar-refractivity contribution in [3.8, 4) is 0 Å². The highest BCUT2D eigenvalue weighted by atomic mass is 32.2. The molecule has 3 atom stereocenters. The number of alkyl halides is 3. The van der Waals surface area contributed by atoms with E-state index in [9.17, 15) is 65.7 Å². The highest BCUT2D eigenvalue weighted by molar-refractivity contribution is 7.89. The van der Waals surface area contributed by atoms with Gasteiger partial charge in [-0.05, 0) is 62.8 Å². The highest BCUT2D eigenvalue weighted by Gasteiger charge is 2.34. The molecule has 328 valence electrons. The molecule has 0 aliphatic carbocycles. The number of nitrogens with one attached hydrogen (secondary N) is 1. The summed E-state index contributed by atoms with van der Waals surface area (Å²) in [5, 5.41) is 58.2. The first kappa shape index (κ1) is 49.7. The second-order valence-electron chi connectivity index (χ2n) is 13.8. The number of carboxylic acids is 6. The summed E-state index contributed by atoms with van der Waals surface area (Å²) in [6, 6.07) is -0.889. The molecule has 7 N–H and O–H groups in total. The Balaban J connectivity index is 2.49. The van der Waals surface area contributed by atoms with Crippen LogP contribution in [0.4, 0.5) is 13.2 Å². The van der Waals surface area contributed by atoms with Gasteiger partial charge in [0, 0.05) is 84.7 Å². The van der Waals surface area contributed by atoms with Crippen LogP contribution in [0.15, 0.2) is 29.2 Å². The van der Waals surface area contributed by atoms with Crippen molar-refractivity contribution >= 4 is 45.8 Å². The van der Waals surface area contributed by atoms with Gasteiger partial charge in [-0.2, -0.15) is 13.2 Å². The van der Waals surface area contributed by atoms with Crippen molar-refractivity contribution in [2.75, 3.05) is 65.4 Å². The summed E-state index contributed by atoms with van der Waals surface area (Å²) in [7, 11) is -4.30. The maximum absolute atomic E-state index is 13.0. The Bertz CT molecular complexity index is 1600. The third kappa shape index (κ3) is 17.6. The highest BCUT2D eigenvalue weighted by Crippen LogP contribution is 2.29. The average Bonchev–Trinajstić information content (AvgIpc) is 3.11. The predicted octanol–water partition coefficient (Wildman–Crippen LogP) is 1.33. The minimum atomic E-state index is -4.69. The van der Waals surface area contributed by atoms with Crippen molar-refractivity contribution < 1.29 is 81.0 Å². The molecule has 2 rings (SSSR count). The first-order valence-corrected chi connectivity index (χ1v) is 20.1. The predicted molar refractivity (Wildman–Crippen MR) is 197 cm³/mol. The second kappa shape index (κ2) is 23.9. The van der Waals surface area contributed by atoms with Crippen LogP contribution < -0.4 is 4.72 Å². The molecular formula is C35H52F3N5O14S. The summed E-state index contributed by atoms with van der Waals surface area (Å²) < 4.78 is 67.4. The van der Waals surface area contributed by atoms with Crippen LogP contribution in [0.3, 0.4) is 0 Å². The van der Waals surface area contributed by atoms with Gasteiger partial charge >= 0.3 is 42.0 Å². The standard InChI is InChI=1S/C35H52F3N5O14S/c36-35(37,38)24-10-12-25(13-11-24)58(56,57)39-14-15-40-16-18-41(26(32(50)51)4-1-7-29(44)45)20-22-43(28(34(54)55)6-3-9-31(48)49)23-21-42(19-17-40)27(33(52)53)5-2-8-30(46)47/h10-13,26-28,39H,1-9,14-23H2,(H,44,45)(H,46,47)(H,48,49)(H,50,51)(H,52,53)(H,54,55). The van der Waals surface area contributed by atoms with E-state index in [-0.39, 0.29) is 123 Å². The molecule has 3 unspecified atom stereocenters. The van der Waals surface area contributed by atoms with Crippen molar-refractivity contribution in [2.45, 2.75) is 87.0 Å². The molecule has 0 spiro atoms. The molecule has 0 amide bonds. The summed E-state index contributed by atoms with van der Waals surface area (Å²) in [5.41, 5.74) is -1.05. The molecule has 1 aliphatic heterocycles. The Labute approximate surface area is 333 Å².